The second kappa shape index (κ2) is 4.86. The average molecular weight is 195 g/mol. The molecular formula is C11H17NO2. The normalized spacial score (nSPS) is 10.4. The molecule has 0 radical (unpaired) electrons. The van der Waals surface area contributed by atoms with Gasteiger partial charge in [0.1, 0.15) is 0 Å². The minimum Gasteiger partial charge on any atom is -0.493 e. The average Bonchev–Trinajstić information content (AvgIpc) is 2.16. The van der Waals surface area contributed by atoms with E-state index in [0.717, 1.165) is 17.1 Å². The van der Waals surface area contributed by atoms with E-state index >= 15 is 0 Å². The van der Waals surface area contributed by atoms with Crippen LogP contribution in [0.25, 0.3) is 0 Å². The van der Waals surface area contributed by atoms with Crippen LogP contribution in [0.15, 0.2) is 18.2 Å². The second-order valence-corrected chi connectivity index (χ2v) is 3.36. The van der Waals surface area contributed by atoms with E-state index < -0.39 is 0 Å². The van der Waals surface area contributed by atoms with Crippen LogP contribution in [0, 0.1) is 0 Å². The Bertz CT molecular complexity index is 297. The molecule has 1 aromatic carbocycles. The summed E-state index contributed by atoms with van der Waals surface area (Å²) in [5.41, 5.74) is 6.59. The SMILES string of the molecule is COc1ccc(CN)cc1OC(C)C. The molecule has 1 rings (SSSR count). The van der Waals surface area contributed by atoms with Crippen LogP contribution in [0.2, 0.25) is 0 Å². The van der Waals surface area contributed by atoms with E-state index in [4.69, 9.17) is 15.2 Å². The Balaban J connectivity index is 2.96. The highest BCUT2D eigenvalue weighted by Crippen LogP contribution is 2.28. The largest absolute Gasteiger partial charge is 0.493 e. The molecule has 14 heavy (non-hydrogen) atoms. The zero-order valence-corrected chi connectivity index (χ0v) is 8.91. The van der Waals surface area contributed by atoms with Gasteiger partial charge in [-0.25, -0.2) is 0 Å². The van der Waals surface area contributed by atoms with E-state index in [1.807, 2.05) is 32.0 Å². The summed E-state index contributed by atoms with van der Waals surface area (Å²) in [5.74, 6) is 1.50. The van der Waals surface area contributed by atoms with E-state index in [2.05, 4.69) is 0 Å². The predicted octanol–water partition coefficient (Wildman–Crippen LogP) is 1.94. The highest BCUT2D eigenvalue weighted by atomic mass is 16.5. The Labute approximate surface area is 84.8 Å². The van der Waals surface area contributed by atoms with Crippen molar-refractivity contribution in [2.75, 3.05) is 7.11 Å². The molecule has 3 heteroatoms. The molecule has 0 spiro atoms. The standard InChI is InChI=1S/C11H17NO2/c1-8(2)14-11-6-9(7-12)4-5-10(11)13-3/h4-6,8H,7,12H2,1-3H3. The quantitative estimate of drug-likeness (QED) is 0.798. The molecule has 3 nitrogen and oxygen atoms in total. The van der Waals surface area contributed by atoms with E-state index in [9.17, 15) is 0 Å². The maximum absolute atomic E-state index is 5.60. The van der Waals surface area contributed by atoms with Crippen LogP contribution >= 0.6 is 0 Å². The lowest BCUT2D eigenvalue weighted by molar-refractivity contribution is 0.230. The van der Waals surface area contributed by atoms with Gasteiger partial charge in [-0.15, -0.1) is 0 Å². The number of nitrogens with two attached hydrogens (primary N) is 1. The molecule has 0 aliphatic heterocycles. The summed E-state index contributed by atoms with van der Waals surface area (Å²) in [6, 6.07) is 5.73. The van der Waals surface area contributed by atoms with Crippen LogP contribution < -0.4 is 15.2 Å². The number of methoxy groups -OCH3 is 1. The minimum atomic E-state index is 0.136. The Morgan fingerprint density at radius 1 is 1.29 bits per heavy atom. The Hall–Kier alpha value is -1.22. The first-order valence-corrected chi connectivity index (χ1v) is 4.71. The van der Waals surface area contributed by atoms with Gasteiger partial charge < -0.3 is 15.2 Å². The third-order valence-electron chi connectivity index (χ3n) is 1.83. The molecule has 0 aliphatic carbocycles. The van der Waals surface area contributed by atoms with Crippen molar-refractivity contribution < 1.29 is 9.47 Å². The van der Waals surface area contributed by atoms with Gasteiger partial charge in [0.15, 0.2) is 11.5 Å². The summed E-state index contributed by atoms with van der Waals surface area (Å²) in [4.78, 5) is 0. The summed E-state index contributed by atoms with van der Waals surface area (Å²) >= 11 is 0. The van der Waals surface area contributed by atoms with Crippen LogP contribution in [-0.2, 0) is 6.54 Å². The lowest BCUT2D eigenvalue weighted by Gasteiger charge is -2.14. The van der Waals surface area contributed by atoms with Gasteiger partial charge in [0.2, 0.25) is 0 Å². The monoisotopic (exact) mass is 195 g/mol. The van der Waals surface area contributed by atoms with Crippen LogP contribution in [0.3, 0.4) is 0 Å². The first-order chi connectivity index (χ1) is 6.67. The molecule has 0 saturated heterocycles. The van der Waals surface area contributed by atoms with Crippen LogP contribution in [0.1, 0.15) is 19.4 Å². The fourth-order valence-electron chi connectivity index (χ4n) is 1.19. The summed E-state index contributed by atoms with van der Waals surface area (Å²) < 4.78 is 10.8. The first kappa shape index (κ1) is 10.9. The predicted molar refractivity (Wildman–Crippen MR) is 56.6 cm³/mol. The van der Waals surface area contributed by atoms with Crippen molar-refractivity contribution in [2.24, 2.45) is 5.73 Å². The maximum atomic E-state index is 5.60. The Kier molecular flexibility index (Phi) is 3.77. The van der Waals surface area contributed by atoms with Gasteiger partial charge in [0.05, 0.1) is 13.2 Å². The third-order valence-corrected chi connectivity index (χ3v) is 1.83. The number of hydrogen-bond acceptors (Lipinski definition) is 3. The zero-order chi connectivity index (χ0) is 10.6. The molecule has 0 aliphatic rings. The molecule has 0 amide bonds. The molecule has 2 N–H and O–H groups in total. The molecule has 0 fully saturated rings. The van der Waals surface area contributed by atoms with Crippen molar-refractivity contribution in [3.05, 3.63) is 23.8 Å². The number of benzene rings is 1. The molecule has 0 aromatic heterocycles. The summed E-state index contributed by atoms with van der Waals surface area (Å²) in [7, 11) is 1.63. The van der Waals surface area contributed by atoms with E-state index in [1.165, 1.54) is 0 Å². The van der Waals surface area contributed by atoms with Gasteiger partial charge >= 0.3 is 0 Å². The smallest absolute Gasteiger partial charge is 0.161 e. The molecule has 0 heterocycles. The van der Waals surface area contributed by atoms with Gasteiger partial charge in [0, 0.05) is 6.54 Å². The molecular weight excluding hydrogens is 178 g/mol. The zero-order valence-electron chi connectivity index (χ0n) is 8.91. The minimum absolute atomic E-state index is 0.136. The molecule has 1 aromatic rings. The molecule has 0 bridgehead atoms. The summed E-state index contributed by atoms with van der Waals surface area (Å²) in [5, 5.41) is 0. The van der Waals surface area contributed by atoms with Gasteiger partial charge in [-0.2, -0.15) is 0 Å². The van der Waals surface area contributed by atoms with Gasteiger partial charge in [-0.3, -0.25) is 0 Å². The Morgan fingerprint density at radius 2 is 2.00 bits per heavy atom. The lowest BCUT2D eigenvalue weighted by atomic mass is 10.2. The fourth-order valence-corrected chi connectivity index (χ4v) is 1.19. The highest BCUT2D eigenvalue weighted by molar-refractivity contribution is 5.43. The van der Waals surface area contributed by atoms with E-state index in [0.29, 0.717) is 6.54 Å². The van der Waals surface area contributed by atoms with Crippen molar-refractivity contribution in [3.63, 3.8) is 0 Å². The summed E-state index contributed by atoms with van der Waals surface area (Å²) in [6.45, 7) is 4.47. The summed E-state index contributed by atoms with van der Waals surface area (Å²) in [6.07, 6.45) is 0.136. The van der Waals surface area contributed by atoms with Crippen molar-refractivity contribution in [1.29, 1.82) is 0 Å². The van der Waals surface area contributed by atoms with Crippen LogP contribution in [0.5, 0.6) is 11.5 Å². The molecule has 0 unspecified atom stereocenters. The van der Waals surface area contributed by atoms with Gasteiger partial charge in [-0.1, -0.05) is 6.07 Å². The van der Waals surface area contributed by atoms with Gasteiger partial charge in [0.25, 0.3) is 0 Å². The first-order valence-electron chi connectivity index (χ1n) is 4.71. The number of ether oxygens (including phenoxy) is 2. The molecule has 78 valence electrons. The van der Waals surface area contributed by atoms with Crippen molar-refractivity contribution in [1.82, 2.24) is 0 Å². The van der Waals surface area contributed by atoms with Crippen LogP contribution in [0.4, 0.5) is 0 Å². The maximum Gasteiger partial charge on any atom is 0.161 e. The molecule has 0 atom stereocenters. The highest BCUT2D eigenvalue weighted by Gasteiger charge is 2.06. The fraction of sp³-hybridized carbons (Fsp3) is 0.455. The van der Waals surface area contributed by atoms with Crippen molar-refractivity contribution in [2.45, 2.75) is 26.5 Å². The van der Waals surface area contributed by atoms with Crippen LogP contribution in [-0.4, -0.2) is 13.2 Å². The van der Waals surface area contributed by atoms with Crippen molar-refractivity contribution in [3.8, 4) is 11.5 Å². The third kappa shape index (κ3) is 2.64. The number of rotatable bonds is 4. The van der Waals surface area contributed by atoms with Crippen molar-refractivity contribution >= 4 is 0 Å². The number of hydrogen-bond donors (Lipinski definition) is 1. The molecule has 0 saturated carbocycles. The Morgan fingerprint density at radius 3 is 2.50 bits per heavy atom. The van der Waals surface area contributed by atoms with E-state index in [-0.39, 0.29) is 6.10 Å². The topological polar surface area (TPSA) is 44.5 Å². The van der Waals surface area contributed by atoms with Gasteiger partial charge in [-0.05, 0) is 31.5 Å². The van der Waals surface area contributed by atoms with E-state index in [1.54, 1.807) is 7.11 Å². The second-order valence-electron chi connectivity index (χ2n) is 3.36. The lowest BCUT2D eigenvalue weighted by Crippen LogP contribution is -2.07.